The minimum Gasteiger partial charge on any atom is -0.497 e. The van der Waals surface area contributed by atoms with Crippen LogP contribution in [0.15, 0.2) is 65.1 Å². The first-order chi connectivity index (χ1) is 11.7. The van der Waals surface area contributed by atoms with Crippen LogP contribution < -0.4 is 10.2 Å². The molecule has 0 atom stereocenters. The molecule has 5 heteroatoms. The van der Waals surface area contributed by atoms with Crippen LogP contribution in [0.25, 0.3) is 11.3 Å². The summed E-state index contributed by atoms with van der Waals surface area (Å²) >= 11 is 1.54. The third-order valence-corrected chi connectivity index (χ3v) is 4.28. The van der Waals surface area contributed by atoms with Gasteiger partial charge in [-0.1, -0.05) is 30.3 Å². The number of benzene rings is 2. The van der Waals surface area contributed by atoms with Gasteiger partial charge in [-0.15, -0.1) is 11.3 Å². The Bertz CT molecular complexity index is 810. The molecule has 1 aromatic heterocycles. The minimum atomic E-state index is 0.785. The van der Waals surface area contributed by atoms with Gasteiger partial charge < -0.3 is 4.74 Å². The van der Waals surface area contributed by atoms with Crippen molar-refractivity contribution in [1.82, 2.24) is 4.98 Å². The monoisotopic (exact) mass is 337 g/mol. The molecule has 0 saturated heterocycles. The highest BCUT2D eigenvalue weighted by Gasteiger charge is 2.04. The molecule has 0 saturated carbocycles. The van der Waals surface area contributed by atoms with Crippen LogP contribution in [0.1, 0.15) is 12.5 Å². The zero-order valence-electron chi connectivity index (χ0n) is 13.7. The highest BCUT2D eigenvalue weighted by atomic mass is 32.1. The van der Waals surface area contributed by atoms with Crippen molar-refractivity contribution in [2.24, 2.45) is 5.10 Å². The maximum absolute atomic E-state index is 5.18. The third-order valence-electron chi connectivity index (χ3n) is 3.54. The molecule has 1 heterocycles. The first-order valence-corrected chi connectivity index (χ1v) is 8.55. The zero-order chi connectivity index (χ0) is 16.8. The van der Waals surface area contributed by atoms with Gasteiger partial charge in [0.25, 0.3) is 0 Å². The van der Waals surface area contributed by atoms with Crippen molar-refractivity contribution in [1.29, 1.82) is 0 Å². The summed E-state index contributed by atoms with van der Waals surface area (Å²) in [7, 11) is 1.66. The summed E-state index contributed by atoms with van der Waals surface area (Å²) < 4.78 is 5.18. The molecular formula is C19H19N3OS. The second kappa shape index (κ2) is 7.75. The number of aromatic nitrogens is 1. The van der Waals surface area contributed by atoms with Crippen molar-refractivity contribution < 1.29 is 4.74 Å². The molecule has 0 amide bonds. The van der Waals surface area contributed by atoms with E-state index in [4.69, 9.17) is 4.74 Å². The summed E-state index contributed by atoms with van der Waals surface area (Å²) in [6, 6.07) is 18.2. The molecule has 0 bridgehead atoms. The van der Waals surface area contributed by atoms with Gasteiger partial charge in [0.2, 0.25) is 5.13 Å². The maximum atomic E-state index is 5.18. The Balaban J connectivity index is 1.64. The topological polar surface area (TPSA) is 46.5 Å². The van der Waals surface area contributed by atoms with E-state index in [-0.39, 0.29) is 0 Å². The Kier molecular flexibility index (Phi) is 5.23. The average Bonchev–Trinajstić information content (AvgIpc) is 3.10. The molecule has 0 aliphatic heterocycles. The zero-order valence-corrected chi connectivity index (χ0v) is 14.5. The molecule has 0 aliphatic carbocycles. The number of nitrogens with one attached hydrogen (secondary N) is 1. The van der Waals surface area contributed by atoms with E-state index in [2.05, 4.69) is 27.6 Å². The fourth-order valence-electron chi connectivity index (χ4n) is 2.29. The SMILES string of the molecule is COc1ccc(-c2csc(N/N=C(/C)Cc3ccccc3)n2)cc1. The van der Waals surface area contributed by atoms with Crippen LogP contribution in [0, 0.1) is 0 Å². The summed E-state index contributed by atoms with van der Waals surface area (Å²) in [6.45, 7) is 2.01. The van der Waals surface area contributed by atoms with E-state index in [0.717, 1.165) is 34.3 Å². The van der Waals surface area contributed by atoms with Gasteiger partial charge in [0, 0.05) is 23.1 Å². The lowest BCUT2D eigenvalue weighted by Gasteiger charge is -2.02. The number of ether oxygens (including phenoxy) is 1. The molecule has 24 heavy (non-hydrogen) atoms. The van der Waals surface area contributed by atoms with Crippen molar-refractivity contribution in [2.45, 2.75) is 13.3 Å². The highest BCUT2D eigenvalue weighted by molar-refractivity contribution is 7.14. The minimum absolute atomic E-state index is 0.785. The third kappa shape index (κ3) is 4.20. The van der Waals surface area contributed by atoms with Gasteiger partial charge in [0.15, 0.2) is 0 Å². The molecule has 1 N–H and O–H groups in total. The van der Waals surface area contributed by atoms with E-state index in [1.807, 2.05) is 54.8 Å². The Labute approximate surface area is 145 Å². The summed E-state index contributed by atoms with van der Waals surface area (Å²) in [4.78, 5) is 4.57. The Hall–Kier alpha value is -2.66. The molecule has 0 radical (unpaired) electrons. The molecule has 3 aromatic rings. The van der Waals surface area contributed by atoms with E-state index in [9.17, 15) is 0 Å². The van der Waals surface area contributed by atoms with E-state index in [1.165, 1.54) is 5.56 Å². The fourth-order valence-corrected chi connectivity index (χ4v) is 2.95. The molecule has 3 rings (SSSR count). The number of rotatable bonds is 6. The molecule has 122 valence electrons. The first kappa shape index (κ1) is 16.2. The number of nitrogens with zero attached hydrogens (tertiary/aromatic N) is 2. The smallest absolute Gasteiger partial charge is 0.203 e. The van der Waals surface area contributed by atoms with Gasteiger partial charge in [-0.3, -0.25) is 5.43 Å². The van der Waals surface area contributed by atoms with E-state index in [1.54, 1.807) is 18.4 Å². The van der Waals surface area contributed by atoms with Gasteiger partial charge in [0.05, 0.1) is 12.8 Å². The lowest BCUT2D eigenvalue weighted by Crippen LogP contribution is -2.01. The fraction of sp³-hybridized carbons (Fsp3) is 0.158. The Morgan fingerprint density at radius 2 is 1.88 bits per heavy atom. The number of thiazole rings is 1. The van der Waals surface area contributed by atoms with E-state index in [0.29, 0.717) is 0 Å². The predicted molar refractivity (Wildman–Crippen MR) is 101 cm³/mol. The van der Waals surface area contributed by atoms with Crippen molar-refractivity contribution >= 4 is 22.2 Å². The Morgan fingerprint density at radius 1 is 1.12 bits per heavy atom. The molecule has 4 nitrogen and oxygen atoms in total. The second-order valence-electron chi connectivity index (χ2n) is 5.39. The lowest BCUT2D eigenvalue weighted by molar-refractivity contribution is 0.415. The maximum Gasteiger partial charge on any atom is 0.203 e. The molecule has 0 fully saturated rings. The van der Waals surface area contributed by atoms with Crippen LogP contribution in [-0.2, 0) is 6.42 Å². The highest BCUT2D eigenvalue weighted by Crippen LogP contribution is 2.26. The van der Waals surface area contributed by atoms with Gasteiger partial charge >= 0.3 is 0 Å². The van der Waals surface area contributed by atoms with Crippen LogP contribution in [-0.4, -0.2) is 17.8 Å². The van der Waals surface area contributed by atoms with Gasteiger partial charge in [-0.2, -0.15) is 5.10 Å². The van der Waals surface area contributed by atoms with Crippen LogP contribution in [0.2, 0.25) is 0 Å². The van der Waals surface area contributed by atoms with Gasteiger partial charge in [-0.25, -0.2) is 4.98 Å². The van der Waals surface area contributed by atoms with Crippen LogP contribution in [0.4, 0.5) is 5.13 Å². The number of anilines is 1. The van der Waals surface area contributed by atoms with Gasteiger partial charge in [-0.05, 0) is 36.8 Å². The number of hydrogen-bond donors (Lipinski definition) is 1. The second-order valence-corrected chi connectivity index (χ2v) is 6.25. The summed E-state index contributed by atoms with van der Waals surface area (Å²) in [6.07, 6.45) is 0.824. The van der Waals surface area contributed by atoms with Crippen molar-refractivity contribution in [3.05, 3.63) is 65.5 Å². The molecular weight excluding hydrogens is 318 g/mol. The first-order valence-electron chi connectivity index (χ1n) is 7.67. The normalized spacial score (nSPS) is 11.3. The van der Waals surface area contributed by atoms with E-state index >= 15 is 0 Å². The molecule has 0 aliphatic rings. The van der Waals surface area contributed by atoms with Gasteiger partial charge in [0.1, 0.15) is 5.75 Å². The predicted octanol–water partition coefficient (Wildman–Crippen LogP) is 4.85. The van der Waals surface area contributed by atoms with Crippen LogP contribution in [0.3, 0.4) is 0 Å². The summed E-state index contributed by atoms with van der Waals surface area (Å²) in [5.41, 5.74) is 7.30. The standard InChI is InChI=1S/C19H19N3OS/c1-14(12-15-6-4-3-5-7-15)21-22-19-20-18(13-24-19)16-8-10-17(23-2)11-9-16/h3-11,13H,12H2,1-2H3,(H,20,22)/b21-14-. The van der Waals surface area contributed by atoms with Crippen molar-refractivity contribution in [3.8, 4) is 17.0 Å². The van der Waals surface area contributed by atoms with Crippen LogP contribution in [0.5, 0.6) is 5.75 Å². The van der Waals surface area contributed by atoms with Crippen LogP contribution >= 0.6 is 11.3 Å². The number of methoxy groups -OCH3 is 1. The van der Waals surface area contributed by atoms with E-state index < -0.39 is 0 Å². The summed E-state index contributed by atoms with van der Waals surface area (Å²) in [5.74, 6) is 0.841. The van der Waals surface area contributed by atoms with Crippen molar-refractivity contribution in [2.75, 3.05) is 12.5 Å². The largest absolute Gasteiger partial charge is 0.497 e. The number of hydrogen-bond acceptors (Lipinski definition) is 5. The lowest BCUT2D eigenvalue weighted by atomic mass is 10.1. The molecule has 0 spiro atoms. The average molecular weight is 337 g/mol. The summed E-state index contributed by atoms with van der Waals surface area (Å²) in [5, 5.41) is 7.22. The van der Waals surface area contributed by atoms with Crippen molar-refractivity contribution in [3.63, 3.8) is 0 Å². The Morgan fingerprint density at radius 3 is 2.58 bits per heavy atom. The quantitative estimate of drug-likeness (QED) is 0.517. The number of hydrazone groups is 1. The molecule has 0 unspecified atom stereocenters. The molecule has 2 aromatic carbocycles.